The van der Waals surface area contributed by atoms with Crippen LogP contribution in [0, 0.1) is 0 Å². The van der Waals surface area contributed by atoms with Gasteiger partial charge >= 0.3 is 0 Å². The Labute approximate surface area is 250 Å². The Balaban J connectivity index is 1.13. The Morgan fingerprint density at radius 3 is 1.60 bits per heavy atom. The van der Waals surface area contributed by atoms with Crippen LogP contribution in [0.15, 0.2) is 94.7 Å². The van der Waals surface area contributed by atoms with Crippen molar-refractivity contribution < 1.29 is 17.9 Å². The fourth-order valence-electron chi connectivity index (χ4n) is 6.50. The van der Waals surface area contributed by atoms with Gasteiger partial charge in [0.05, 0.1) is 9.79 Å². The van der Waals surface area contributed by atoms with Gasteiger partial charge in [-0.25, -0.2) is 8.42 Å². The van der Waals surface area contributed by atoms with E-state index in [1.807, 2.05) is 24.3 Å². The molecule has 2 aliphatic carbocycles. The highest BCUT2D eigenvalue weighted by Crippen LogP contribution is 2.54. The summed E-state index contributed by atoms with van der Waals surface area (Å²) in [7, 11) is -3.58. The molecule has 0 radical (unpaired) electrons. The van der Waals surface area contributed by atoms with Crippen LogP contribution in [0.4, 0.5) is 0 Å². The van der Waals surface area contributed by atoms with Gasteiger partial charge in [-0.2, -0.15) is 0 Å². The number of ether oxygens (including phenoxy) is 2. The Morgan fingerprint density at radius 1 is 0.690 bits per heavy atom. The van der Waals surface area contributed by atoms with E-state index in [2.05, 4.69) is 77.9 Å². The van der Waals surface area contributed by atoms with Crippen LogP contribution in [0.25, 0.3) is 0 Å². The predicted molar refractivity (Wildman–Crippen MR) is 168 cm³/mol. The summed E-state index contributed by atoms with van der Waals surface area (Å²) in [6, 6.07) is 26.9. The Morgan fingerprint density at radius 2 is 1.14 bits per heavy atom. The van der Waals surface area contributed by atoms with Crippen molar-refractivity contribution >= 4 is 9.84 Å². The molecule has 0 fully saturated rings. The predicted octanol–water partition coefficient (Wildman–Crippen LogP) is 8.97. The van der Waals surface area contributed by atoms with Gasteiger partial charge in [-0.3, -0.25) is 0 Å². The van der Waals surface area contributed by atoms with Crippen molar-refractivity contribution in [1.29, 1.82) is 0 Å². The average molecular weight is 581 g/mol. The highest BCUT2D eigenvalue weighted by molar-refractivity contribution is 7.91. The maximum Gasteiger partial charge on any atom is 0.206 e. The molecule has 0 aromatic heterocycles. The summed E-state index contributed by atoms with van der Waals surface area (Å²) in [6.45, 7) is 13.2. The SMILES string of the molecule is CCC(C)(CC)Oc1ccc(C(C)(C)c2ccc(Oc3ccc(S(=O)(=O)c4cc5c6c(c4)CC6(C)C5)cc3)cc2)cc1. The minimum absolute atomic E-state index is 0.150. The van der Waals surface area contributed by atoms with Gasteiger partial charge < -0.3 is 9.47 Å². The third-order valence-corrected chi connectivity index (χ3v) is 11.5. The number of hydrogen-bond acceptors (Lipinski definition) is 4. The highest BCUT2D eigenvalue weighted by Gasteiger charge is 2.48. The smallest absolute Gasteiger partial charge is 0.206 e. The summed E-state index contributed by atoms with van der Waals surface area (Å²) in [5.41, 5.74) is 6.04. The van der Waals surface area contributed by atoms with E-state index in [1.54, 1.807) is 24.3 Å². The van der Waals surface area contributed by atoms with Gasteiger partial charge in [-0.1, -0.05) is 58.9 Å². The van der Waals surface area contributed by atoms with Crippen molar-refractivity contribution in [3.05, 3.63) is 113 Å². The van der Waals surface area contributed by atoms with E-state index in [9.17, 15) is 8.42 Å². The first-order chi connectivity index (χ1) is 19.9. The van der Waals surface area contributed by atoms with Crippen molar-refractivity contribution in [2.24, 2.45) is 0 Å². The summed E-state index contributed by atoms with van der Waals surface area (Å²) in [4.78, 5) is 0.679. The van der Waals surface area contributed by atoms with Crippen LogP contribution in [0.2, 0.25) is 0 Å². The molecule has 0 amide bonds. The lowest BCUT2D eigenvalue weighted by molar-refractivity contribution is 0.0802. The lowest BCUT2D eigenvalue weighted by Gasteiger charge is -2.51. The first kappa shape index (κ1) is 28.5. The van der Waals surface area contributed by atoms with E-state index in [4.69, 9.17) is 9.47 Å². The summed E-state index contributed by atoms with van der Waals surface area (Å²) in [6.07, 6.45) is 3.87. The van der Waals surface area contributed by atoms with Crippen LogP contribution in [-0.4, -0.2) is 14.0 Å². The second-order valence-corrected chi connectivity index (χ2v) is 15.0. The summed E-state index contributed by atoms with van der Waals surface area (Å²) in [5, 5.41) is 0. The number of benzene rings is 4. The average Bonchev–Trinajstić information content (AvgIpc) is 2.96. The molecule has 0 saturated heterocycles. The van der Waals surface area contributed by atoms with Crippen LogP contribution in [0.5, 0.6) is 17.2 Å². The van der Waals surface area contributed by atoms with E-state index in [1.165, 1.54) is 27.8 Å². The van der Waals surface area contributed by atoms with Crippen molar-refractivity contribution in [3.8, 4) is 17.2 Å². The monoisotopic (exact) mass is 580 g/mol. The largest absolute Gasteiger partial charge is 0.488 e. The minimum Gasteiger partial charge on any atom is -0.488 e. The zero-order chi connectivity index (χ0) is 29.9. The van der Waals surface area contributed by atoms with E-state index in [-0.39, 0.29) is 21.3 Å². The standard InChI is InChI=1S/C37H40O4S/c1-7-37(6,8-2)41-31-15-11-28(12-16-31)35(3,4)27-9-13-29(14-10-27)40-30-17-19-32(20-18-30)42(38,39)33-21-25-23-36(5)24-26(22-33)34(25)36/h9-22H,7-8,23-24H2,1-6H3. The van der Waals surface area contributed by atoms with Crippen molar-refractivity contribution in [2.45, 2.75) is 93.4 Å². The van der Waals surface area contributed by atoms with Gasteiger partial charge in [0.15, 0.2) is 0 Å². The zero-order valence-corrected chi connectivity index (χ0v) is 26.3. The summed E-state index contributed by atoms with van der Waals surface area (Å²) >= 11 is 0. The van der Waals surface area contributed by atoms with Crippen LogP contribution in [-0.2, 0) is 33.5 Å². The second kappa shape index (κ2) is 10.0. The van der Waals surface area contributed by atoms with Gasteiger partial charge in [-0.15, -0.1) is 0 Å². The Bertz CT molecular complexity index is 1700. The van der Waals surface area contributed by atoms with Crippen molar-refractivity contribution in [1.82, 2.24) is 0 Å². The van der Waals surface area contributed by atoms with Crippen molar-refractivity contribution in [3.63, 3.8) is 0 Å². The van der Waals surface area contributed by atoms with Gasteiger partial charge in [0.1, 0.15) is 22.8 Å². The van der Waals surface area contributed by atoms with Crippen LogP contribution in [0.1, 0.15) is 82.2 Å². The van der Waals surface area contributed by atoms with Crippen LogP contribution in [0.3, 0.4) is 0 Å². The van der Waals surface area contributed by atoms with Gasteiger partial charge in [-0.05, 0) is 121 Å². The number of rotatable bonds is 10. The van der Waals surface area contributed by atoms with E-state index < -0.39 is 9.84 Å². The Kier molecular flexibility index (Phi) is 6.81. The topological polar surface area (TPSA) is 52.6 Å². The third kappa shape index (κ3) is 4.82. The first-order valence-corrected chi connectivity index (χ1v) is 16.4. The molecule has 0 bridgehead atoms. The van der Waals surface area contributed by atoms with E-state index >= 15 is 0 Å². The molecule has 2 aliphatic rings. The molecular weight excluding hydrogens is 540 g/mol. The molecule has 5 heteroatoms. The number of sulfone groups is 1. The van der Waals surface area contributed by atoms with Crippen LogP contribution < -0.4 is 9.47 Å². The molecule has 0 saturated carbocycles. The maximum atomic E-state index is 13.3. The molecule has 4 aromatic rings. The fourth-order valence-corrected chi connectivity index (χ4v) is 7.86. The summed E-state index contributed by atoms with van der Waals surface area (Å²) in [5.74, 6) is 2.19. The molecule has 0 heterocycles. The number of hydrogen-bond donors (Lipinski definition) is 0. The minimum atomic E-state index is -3.58. The normalized spacial score (nSPS) is 15.3. The van der Waals surface area contributed by atoms with Gasteiger partial charge in [0.25, 0.3) is 0 Å². The molecule has 0 atom stereocenters. The fraction of sp³-hybridized carbons (Fsp3) is 0.351. The molecule has 42 heavy (non-hydrogen) atoms. The molecule has 218 valence electrons. The molecular formula is C37H40O4S. The second-order valence-electron chi connectivity index (χ2n) is 13.0. The van der Waals surface area contributed by atoms with Crippen LogP contribution >= 0.6 is 0 Å². The highest BCUT2D eigenvalue weighted by atomic mass is 32.2. The van der Waals surface area contributed by atoms with Gasteiger partial charge in [0.2, 0.25) is 9.84 Å². The quantitative estimate of drug-likeness (QED) is 0.188. The third-order valence-electron chi connectivity index (χ3n) is 9.73. The molecule has 4 aromatic carbocycles. The summed E-state index contributed by atoms with van der Waals surface area (Å²) < 4.78 is 39.0. The maximum absolute atomic E-state index is 13.3. The molecule has 6 rings (SSSR count). The molecule has 4 nitrogen and oxygen atoms in total. The molecule has 0 aliphatic heterocycles. The van der Waals surface area contributed by atoms with Gasteiger partial charge in [0, 0.05) is 10.8 Å². The van der Waals surface area contributed by atoms with E-state index in [0.29, 0.717) is 16.4 Å². The molecule has 0 spiro atoms. The Hall–Kier alpha value is -3.57. The lowest BCUT2D eigenvalue weighted by atomic mass is 9.52. The lowest BCUT2D eigenvalue weighted by Crippen LogP contribution is -2.47. The van der Waals surface area contributed by atoms with Crippen molar-refractivity contribution in [2.75, 3.05) is 0 Å². The molecule has 0 N–H and O–H groups in total. The molecule has 0 unspecified atom stereocenters. The first-order valence-electron chi connectivity index (χ1n) is 15.0. The van der Waals surface area contributed by atoms with E-state index in [0.717, 1.165) is 31.4 Å². The zero-order valence-electron chi connectivity index (χ0n) is 25.5.